The Bertz CT molecular complexity index is 530. The minimum atomic E-state index is -0.239. The molecule has 3 heteroatoms. The summed E-state index contributed by atoms with van der Waals surface area (Å²) in [7, 11) is 0. The lowest BCUT2D eigenvalue weighted by atomic mass is 9.80. The van der Waals surface area contributed by atoms with Crippen molar-refractivity contribution in [2.24, 2.45) is 11.7 Å². The summed E-state index contributed by atoms with van der Waals surface area (Å²) < 4.78 is 18.7. The molecule has 1 aromatic heterocycles. The first-order valence-corrected chi connectivity index (χ1v) is 6.17. The number of furan rings is 1. The highest BCUT2D eigenvalue weighted by Crippen LogP contribution is 2.35. The molecule has 2 aromatic rings. The molecule has 1 unspecified atom stereocenters. The van der Waals surface area contributed by atoms with Gasteiger partial charge in [-0.2, -0.15) is 0 Å². The minimum absolute atomic E-state index is 0.0595. The second-order valence-electron chi connectivity index (χ2n) is 4.97. The molecule has 1 atom stereocenters. The van der Waals surface area contributed by atoms with Gasteiger partial charge in [-0.05, 0) is 36.6 Å². The van der Waals surface area contributed by atoms with Gasteiger partial charge in [-0.1, -0.05) is 19.3 Å². The average Bonchev–Trinajstić information content (AvgIpc) is 2.65. The third-order valence-corrected chi connectivity index (χ3v) is 3.67. The quantitative estimate of drug-likeness (QED) is 0.876. The summed E-state index contributed by atoms with van der Waals surface area (Å²) in [4.78, 5) is 0. The number of hydrogen-bond donors (Lipinski definition) is 1. The van der Waals surface area contributed by atoms with Crippen molar-refractivity contribution >= 4 is 11.0 Å². The first kappa shape index (κ1) is 10.8. The molecule has 0 spiro atoms. The van der Waals surface area contributed by atoms with Crippen LogP contribution >= 0.6 is 0 Å². The third-order valence-electron chi connectivity index (χ3n) is 3.67. The zero-order chi connectivity index (χ0) is 11.8. The van der Waals surface area contributed by atoms with Crippen LogP contribution in [0.5, 0.6) is 0 Å². The summed E-state index contributed by atoms with van der Waals surface area (Å²) in [6.45, 7) is 0. The van der Waals surface area contributed by atoms with Gasteiger partial charge in [0.05, 0.1) is 6.04 Å². The van der Waals surface area contributed by atoms with Gasteiger partial charge in [0.1, 0.15) is 17.2 Å². The van der Waals surface area contributed by atoms with Crippen LogP contribution in [0, 0.1) is 11.7 Å². The summed E-state index contributed by atoms with van der Waals surface area (Å²) in [5, 5.41) is 0.795. The van der Waals surface area contributed by atoms with Gasteiger partial charge in [-0.25, -0.2) is 4.39 Å². The van der Waals surface area contributed by atoms with E-state index in [1.54, 1.807) is 6.07 Å². The Labute approximate surface area is 99.6 Å². The maximum Gasteiger partial charge on any atom is 0.134 e. The molecule has 0 amide bonds. The van der Waals surface area contributed by atoms with Crippen molar-refractivity contribution in [2.45, 2.75) is 31.7 Å². The number of fused-ring (bicyclic) bond motifs is 1. The van der Waals surface area contributed by atoms with Gasteiger partial charge in [-0.3, -0.25) is 0 Å². The first-order chi connectivity index (χ1) is 8.22. The van der Waals surface area contributed by atoms with Crippen molar-refractivity contribution in [3.05, 3.63) is 35.8 Å². The Morgan fingerprint density at radius 3 is 2.88 bits per heavy atom. The van der Waals surface area contributed by atoms with E-state index >= 15 is 0 Å². The van der Waals surface area contributed by atoms with Crippen LogP contribution in [0.2, 0.25) is 0 Å². The molecule has 17 heavy (non-hydrogen) atoms. The fraction of sp³-hybridized carbons (Fsp3) is 0.429. The highest BCUT2D eigenvalue weighted by molar-refractivity contribution is 5.77. The van der Waals surface area contributed by atoms with E-state index in [9.17, 15) is 4.39 Å². The molecule has 0 aliphatic heterocycles. The van der Waals surface area contributed by atoms with Gasteiger partial charge in [0.2, 0.25) is 0 Å². The monoisotopic (exact) mass is 233 g/mol. The van der Waals surface area contributed by atoms with Crippen LogP contribution in [0.1, 0.15) is 37.5 Å². The van der Waals surface area contributed by atoms with E-state index in [0.717, 1.165) is 23.5 Å². The van der Waals surface area contributed by atoms with Crippen molar-refractivity contribution in [1.29, 1.82) is 0 Å². The zero-order valence-electron chi connectivity index (χ0n) is 9.66. The number of nitrogens with two attached hydrogens (primary N) is 1. The summed E-state index contributed by atoms with van der Waals surface area (Å²) in [6, 6.07) is 6.35. The number of hydrogen-bond acceptors (Lipinski definition) is 2. The Balaban J connectivity index is 1.83. The molecule has 1 aliphatic carbocycles. The molecule has 1 aliphatic rings. The normalized spacial score (nSPS) is 18.2. The molecule has 0 bridgehead atoms. The van der Waals surface area contributed by atoms with Crippen LogP contribution in [0.15, 0.2) is 28.7 Å². The molecule has 2 N–H and O–H groups in total. The lowest BCUT2D eigenvalue weighted by Gasteiger charge is -2.27. The molecule has 0 saturated heterocycles. The zero-order valence-corrected chi connectivity index (χ0v) is 9.66. The molecular weight excluding hydrogens is 217 g/mol. The molecule has 1 fully saturated rings. The molecule has 1 aromatic carbocycles. The van der Waals surface area contributed by atoms with Crippen LogP contribution in [-0.4, -0.2) is 0 Å². The fourth-order valence-corrected chi connectivity index (χ4v) is 2.42. The molecule has 0 radical (unpaired) electrons. The van der Waals surface area contributed by atoms with E-state index in [1.165, 1.54) is 31.4 Å². The van der Waals surface area contributed by atoms with Crippen LogP contribution in [0.4, 0.5) is 4.39 Å². The standard InChI is InChI=1S/C14H16FNO/c15-11-4-5-13-10(7-11)8-14(17-13)12(16)6-9-2-1-3-9/h4-5,7-9,12H,1-3,6,16H2. The topological polar surface area (TPSA) is 39.2 Å². The molecule has 1 saturated carbocycles. The highest BCUT2D eigenvalue weighted by Gasteiger charge is 2.22. The van der Waals surface area contributed by atoms with Gasteiger partial charge in [0, 0.05) is 5.39 Å². The minimum Gasteiger partial charge on any atom is -0.459 e. The number of halogens is 1. The third kappa shape index (κ3) is 2.07. The Morgan fingerprint density at radius 2 is 2.18 bits per heavy atom. The lowest BCUT2D eigenvalue weighted by Crippen LogP contribution is -2.19. The molecule has 90 valence electrons. The number of benzene rings is 1. The molecule has 1 heterocycles. The Morgan fingerprint density at radius 1 is 1.35 bits per heavy atom. The highest BCUT2D eigenvalue weighted by atomic mass is 19.1. The van der Waals surface area contributed by atoms with E-state index < -0.39 is 0 Å². The average molecular weight is 233 g/mol. The lowest BCUT2D eigenvalue weighted by molar-refractivity contribution is 0.267. The molecular formula is C14H16FNO. The van der Waals surface area contributed by atoms with E-state index in [0.29, 0.717) is 5.58 Å². The van der Waals surface area contributed by atoms with Gasteiger partial charge in [0.25, 0.3) is 0 Å². The van der Waals surface area contributed by atoms with E-state index in [2.05, 4.69) is 0 Å². The smallest absolute Gasteiger partial charge is 0.134 e. The van der Waals surface area contributed by atoms with Crippen molar-refractivity contribution in [1.82, 2.24) is 0 Å². The Kier molecular flexibility index (Phi) is 2.63. The van der Waals surface area contributed by atoms with Gasteiger partial charge >= 0.3 is 0 Å². The predicted molar refractivity (Wildman–Crippen MR) is 65.1 cm³/mol. The molecule has 2 nitrogen and oxygen atoms in total. The Hall–Kier alpha value is -1.35. The first-order valence-electron chi connectivity index (χ1n) is 6.17. The second-order valence-corrected chi connectivity index (χ2v) is 4.97. The van der Waals surface area contributed by atoms with Crippen molar-refractivity contribution in [3.8, 4) is 0 Å². The SMILES string of the molecule is NC(CC1CCC1)c1cc2cc(F)ccc2o1. The van der Waals surface area contributed by atoms with Gasteiger partial charge in [0.15, 0.2) is 0 Å². The second kappa shape index (κ2) is 4.15. The summed E-state index contributed by atoms with van der Waals surface area (Å²) in [5.74, 6) is 1.28. The van der Waals surface area contributed by atoms with E-state index in [-0.39, 0.29) is 11.9 Å². The van der Waals surface area contributed by atoms with Crippen LogP contribution < -0.4 is 5.73 Å². The largest absolute Gasteiger partial charge is 0.459 e. The van der Waals surface area contributed by atoms with Crippen LogP contribution in [0.25, 0.3) is 11.0 Å². The van der Waals surface area contributed by atoms with Crippen molar-refractivity contribution < 1.29 is 8.81 Å². The van der Waals surface area contributed by atoms with Gasteiger partial charge in [-0.15, -0.1) is 0 Å². The molecule has 3 rings (SSSR count). The predicted octanol–water partition coefficient (Wildman–Crippen LogP) is 3.76. The van der Waals surface area contributed by atoms with E-state index in [1.807, 2.05) is 6.07 Å². The fourth-order valence-electron chi connectivity index (χ4n) is 2.42. The summed E-state index contributed by atoms with van der Waals surface area (Å²) in [5.41, 5.74) is 6.83. The maximum absolute atomic E-state index is 13.0. The summed E-state index contributed by atoms with van der Waals surface area (Å²) in [6.07, 6.45) is 4.86. The summed E-state index contributed by atoms with van der Waals surface area (Å²) >= 11 is 0. The maximum atomic E-state index is 13.0. The number of rotatable bonds is 3. The van der Waals surface area contributed by atoms with Crippen molar-refractivity contribution in [3.63, 3.8) is 0 Å². The van der Waals surface area contributed by atoms with Gasteiger partial charge < -0.3 is 10.2 Å². The van der Waals surface area contributed by atoms with Crippen molar-refractivity contribution in [2.75, 3.05) is 0 Å². The van der Waals surface area contributed by atoms with Crippen LogP contribution in [-0.2, 0) is 0 Å². The van der Waals surface area contributed by atoms with E-state index in [4.69, 9.17) is 10.2 Å². The van der Waals surface area contributed by atoms with Crippen LogP contribution in [0.3, 0.4) is 0 Å².